The topological polar surface area (TPSA) is 61.7 Å². The lowest BCUT2D eigenvalue weighted by molar-refractivity contribution is -0.120. The minimum Gasteiger partial charge on any atom is -0.508 e. The zero-order valence-corrected chi connectivity index (χ0v) is 15.3. The quantitative estimate of drug-likeness (QED) is 0.690. The number of fused-ring (bicyclic) bond motifs is 2. The minimum absolute atomic E-state index is 0.127. The molecule has 2 N–H and O–H groups in total. The van der Waals surface area contributed by atoms with Crippen molar-refractivity contribution in [3.63, 3.8) is 0 Å². The van der Waals surface area contributed by atoms with Crippen LogP contribution in [0.1, 0.15) is 30.0 Å². The smallest absolute Gasteiger partial charge is 0.244 e. The van der Waals surface area contributed by atoms with Gasteiger partial charge in [-0.1, -0.05) is 49.4 Å². The number of carbonyl (C=O) groups is 1. The van der Waals surface area contributed by atoms with E-state index in [0.717, 1.165) is 46.0 Å². The molecular formula is C23H22N2O2. The molecule has 136 valence electrons. The Balaban J connectivity index is 1.54. The van der Waals surface area contributed by atoms with Crippen molar-refractivity contribution < 1.29 is 9.90 Å². The summed E-state index contributed by atoms with van der Waals surface area (Å²) in [6, 6.07) is 19.4. The zero-order valence-electron chi connectivity index (χ0n) is 15.3. The third-order valence-corrected chi connectivity index (χ3v) is 5.06. The van der Waals surface area contributed by atoms with Crippen molar-refractivity contribution in [2.24, 2.45) is 11.0 Å². The Bertz CT molecular complexity index is 1030. The molecule has 0 saturated heterocycles. The summed E-state index contributed by atoms with van der Waals surface area (Å²) in [6.45, 7) is 2.15. The van der Waals surface area contributed by atoms with Gasteiger partial charge in [0.1, 0.15) is 5.75 Å². The maximum Gasteiger partial charge on any atom is 0.244 e. The van der Waals surface area contributed by atoms with Crippen LogP contribution in [0.2, 0.25) is 0 Å². The number of hydrazone groups is 1. The normalized spacial score (nSPS) is 17.7. The van der Waals surface area contributed by atoms with E-state index in [9.17, 15) is 9.90 Å². The van der Waals surface area contributed by atoms with Gasteiger partial charge in [-0.2, -0.15) is 5.10 Å². The summed E-state index contributed by atoms with van der Waals surface area (Å²) in [5.74, 6) is 0.563. The molecule has 3 aromatic rings. The maximum absolute atomic E-state index is 12.5. The predicted molar refractivity (Wildman–Crippen MR) is 108 cm³/mol. The van der Waals surface area contributed by atoms with Crippen molar-refractivity contribution in [2.75, 3.05) is 0 Å². The Morgan fingerprint density at radius 2 is 1.93 bits per heavy atom. The summed E-state index contributed by atoms with van der Waals surface area (Å²) in [6.07, 6.45) is 2.01. The third-order valence-electron chi connectivity index (χ3n) is 5.06. The summed E-state index contributed by atoms with van der Waals surface area (Å²) < 4.78 is 0. The Hall–Kier alpha value is -3.14. The second-order valence-electron chi connectivity index (χ2n) is 7.26. The Morgan fingerprint density at radius 3 is 2.81 bits per heavy atom. The fourth-order valence-electron chi connectivity index (χ4n) is 3.81. The van der Waals surface area contributed by atoms with Crippen molar-refractivity contribution in [3.05, 3.63) is 77.4 Å². The van der Waals surface area contributed by atoms with Gasteiger partial charge in [0, 0.05) is 5.56 Å². The highest BCUT2D eigenvalue weighted by Crippen LogP contribution is 2.28. The van der Waals surface area contributed by atoms with E-state index in [0.29, 0.717) is 5.92 Å². The van der Waals surface area contributed by atoms with E-state index >= 15 is 0 Å². The van der Waals surface area contributed by atoms with Gasteiger partial charge in [0.05, 0.1) is 12.1 Å². The third kappa shape index (κ3) is 3.70. The van der Waals surface area contributed by atoms with E-state index in [2.05, 4.69) is 17.5 Å². The van der Waals surface area contributed by atoms with E-state index in [1.54, 1.807) is 12.1 Å². The molecule has 0 spiro atoms. The number of nitrogens with one attached hydrogen (secondary N) is 1. The molecule has 1 atom stereocenters. The zero-order chi connectivity index (χ0) is 18.8. The number of rotatable bonds is 3. The predicted octanol–water partition coefficient (Wildman–Crippen LogP) is 4.19. The number of carbonyl (C=O) groups excluding carboxylic acids is 1. The van der Waals surface area contributed by atoms with Gasteiger partial charge in [0.15, 0.2) is 0 Å². The second kappa shape index (κ2) is 7.23. The average molecular weight is 358 g/mol. The summed E-state index contributed by atoms with van der Waals surface area (Å²) in [4.78, 5) is 12.5. The van der Waals surface area contributed by atoms with Crippen LogP contribution in [0.3, 0.4) is 0 Å². The fraction of sp³-hybridized carbons (Fsp3) is 0.217. The lowest BCUT2D eigenvalue weighted by Crippen LogP contribution is -2.25. The maximum atomic E-state index is 12.5. The van der Waals surface area contributed by atoms with Crippen LogP contribution in [0.5, 0.6) is 5.75 Å². The molecule has 0 radical (unpaired) electrons. The molecular weight excluding hydrogens is 336 g/mol. The lowest BCUT2D eigenvalue weighted by Gasteiger charge is -2.23. The van der Waals surface area contributed by atoms with Gasteiger partial charge in [-0.15, -0.1) is 0 Å². The monoisotopic (exact) mass is 358 g/mol. The van der Waals surface area contributed by atoms with Crippen molar-refractivity contribution in [3.8, 4) is 5.75 Å². The molecule has 0 aliphatic heterocycles. The Morgan fingerprint density at radius 1 is 1.11 bits per heavy atom. The van der Waals surface area contributed by atoms with Crippen molar-refractivity contribution >= 4 is 22.4 Å². The van der Waals surface area contributed by atoms with Gasteiger partial charge < -0.3 is 5.11 Å². The van der Waals surface area contributed by atoms with E-state index in [-0.39, 0.29) is 18.1 Å². The lowest BCUT2D eigenvalue weighted by atomic mass is 9.83. The van der Waals surface area contributed by atoms with Crippen LogP contribution >= 0.6 is 0 Å². The number of phenols is 1. The molecule has 1 amide bonds. The van der Waals surface area contributed by atoms with Crippen molar-refractivity contribution in [1.82, 2.24) is 5.43 Å². The van der Waals surface area contributed by atoms with Crippen LogP contribution in [0.15, 0.2) is 65.8 Å². The molecule has 0 heterocycles. The second-order valence-corrected chi connectivity index (χ2v) is 7.26. The van der Waals surface area contributed by atoms with E-state index in [1.807, 2.05) is 48.5 Å². The van der Waals surface area contributed by atoms with Crippen LogP contribution < -0.4 is 5.43 Å². The number of amides is 1. The molecule has 4 heteroatoms. The van der Waals surface area contributed by atoms with Crippen LogP contribution in [-0.4, -0.2) is 16.7 Å². The highest BCUT2D eigenvalue weighted by Gasteiger charge is 2.21. The van der Waals surface area contributed by atoms with Crippen LogP contribution in [-0.2, 0) is 17.6 Å². The van der Waals surface area contributed by atoms with E-state index in [1.165, 1.54) is 0 Å². The number of hydrogen-bond acceptors (Lipinski definition) is 3. The molecule has 4 rings (SSSR count). The largest absolute Gasteiger partial charge is 0.508 e. The number of hydrogen-bond donors (Lipinski definition) is 2. The van der Waals surface area contributed by atoms with Crippen LogP contribution in [0, 0.1) is 5.92 Å². The highest BCUT2D eigenvalue weighted by atomic mass is 16.3. The van der Waals surface area contributed by atoms with Gasteiger partial charge in [0.2, 0.25) is 5.91 Å². The van der Waals surface area contributed by atoms with E-state index in [4.69, 9.17) is 0 Å². The molecule has 3 aromatic carbocycles. The van der Waals surface area contributed by atoms with Crippen LogP contribution in [0.4, 0.5) is 0 Å². The summed E-state index contributed by atoms with van der Waals surface area (Å²) >= 11 is 0. The molecule has 1 unspecified atom stereocenters. The molecule has 0 fully saturated rings. The van der Waals surface area contributed by atoms with Crippen molar-refractivity contribution in [2.45, 2.75) is 26.2 Å². The fourth-order valence-corrected chi connectivity index (χ4v) is 3.81. The van der Waals surface area contributed by atoms with Gasteiger partial charge in [-0.25, -0.2) is 5.43 Å². The average Bonchev–Trinajstić information content (AvgIpc) is 2.66. The first-order valence-corrected chi connectivity index (χ1v) is 9.24. The van der Waals surface area contributed by atoms with Crippen molar-refractivity contribution in [1.29, 1.82) is 0 Å². The SMILES string of the molecule is CC1C/C(=N/NC(=O)Cc2cccc3ccccc23)c2ccc(O)cc2C1. The number of nitrogens with zero attached hydrogens (tertiary/aromatic N) is 1. The van der Waals surface area contributed by atoms with Gasteiger partial charge in [-0.3, -0.25) is 4.79 Å². The summed E-state index contributed by atoms with van der Waals surface area (Å²) in [5.41, 5.74) is 6.68. The first-order chi connectivity index (χ1) is 13.1. The Kier molecular flexibility index (Phi) is 4.63. The molecule has 1 aliphatic rings. The molecule has 4 nitrogen and oxygen atoms in total. The van der Waals surface area contributed by atoms with E-state index < -0.39 is 0 Å². The molecule has 0 bridgehead atoms. The number of aromatic hydroxyl groups is 1. The summed E-state index contributed by atoms with van der Waals surface area (Å²) in [5, 5.41) is 16.4. The first-order valence-electron chi connectivity index (χ1n) is 9.24. The Labute approximate surface area is 158 Å². The van der Waals surface area contributed by atoms with Gasteiger partial charge in [-0.05, 0) is 58.9 Å². The minimum atomic E-state index is -0.127. The highest BCUT2D eigenvalue weighted by molar-refractivity contribution is 6.03. The molecule has 1 aliphatic carbocycles. The molecule has 0 aromatic heterocycles. The van der Waals surface area contributed by atoms with Crippen LogP contribution in [0.25, 0.3) is 10.8 Å². The standard InChI is InChI=1S/C23H22N2O2/c1-15-11-18-13-19(26)9-10-21(18)22(12-15)24-25-23(27)14-17-7-4-6-16-5-2-3-8-20(16)17/h2-10,13,15,26H,11-12,14H2,1H3,(H,25,27)/b24-22-. The summed E-state index contributed by atoms with van der Waals surface area (Å²) in [7, 11) is 0. The van der Waals surface area contributed by atoms with Gasteiger partial charge in [0.25, 0.3) is 0 Å². The molecule has 27 heavy (non-hydrogen) atoms. The number of benzene rings is 3. The van der Waals surface area contributed by atoms with Gasteiger partial charge >= 0.3 is 0 Å². The first kappa shape index (κ1) is 17.3. The number of phenolic OH excluding ortho intramolecular Hbond substituents is 1. The molecule has 0 saturated carbocycles.